The van der Waals surface area contributed by atoms with Gasteiger partial charge in [0.25, 0.3) is 0 Å². The molecule has 1 aliphatic heterocycles. The number of nitrogens with zero attached hydrogens (tertiary/aromatic N) is 1. The molecule has 0 aromatic heterocycles. The van der Waals surface area contributed by atoms with Gasteiger partial charge in [-0.3, -0.25) is 4.79 Å². The summed E-state index contributed by atoms with van der Waals surface area (Å²) >= 11 is 1.87. The van der Waals surface area contributed by atoms with Crippen LogP contribution in [0, 0.1) is 5.92 Å². The Balaban J connectivity index is 1.43. The molecule has 0 aliphatic carbocycles. The van der Waals surface area contributed by atoms with E-state index in [0.29, 0.717) is 18.8 Å². The van der Waals surface area contributed by atoms with E-state index < -0.39 is 0 Å². The Labute approximate surface area is 147 Å². The summed E-state index contributed by atoms with van der Waals surface area (Å²) in [5.74, 6) is 2.12. The molecule has 0 saturated carbocycles. The fourth-order valence-corrected chi connectivity index (χ4v) is 4.10. The molecule has 4 heteroatoms. The second-order valence-corrected chi connectivity index (χ2v) is 7.34. The van der Waals surface area contributed by atoms with Crippen molar-refractivity contribution in [1.82, 2.24) is 4.90 Å². The number of carbonyl (C=O) groups excluding carboxylic acids is 1. The third-order valence-corrected chi connectivity index (χ3v) is 5.71. The molecule has 1 heterocycles. The molecule has 3 rings (SSSR count). The van der Waals surface area contributed by atoms with E-state index in [1.54, 1.807) is 12.1 Å². The van der Waals surface area contributed by atoms with Gasteiger partial charge in [-0.25, -0.2) is 0 Å². The van der Waals surface area contributed by atoms with E-state index in [1.807, 2.05) is 34.9 Å². The highest BCUT2D eigenvalue weighted by Crippen LogP contribution is 2.26. The quantitative estimate of drug-likeness (QED) is 0.808. The second-order valence-electron chi connectivity index (χ2n) is 6.25. The van der Waals surface area contributed by atoms with E-state index in [9.17, 15) is 9.90 Å². The maximum Gasteiger partial charge on any atom is 0.222 e. The molecular formula is C20H23NO2S. The summed E-state index contributed by atoms with van der Waals surface area (Å²) in [7, 11) is 0. The molecule has 2 aromatic rings. The SMILES string of the molecule is O=C(CCc1ccccc1O)N1CC[C@@H](CSc2ccccc2)C1. The van der Waals surface area contributed by atoms with Gasteiger partial charge in [0, 0.05) is 30.2 Å². The van der Waals surface area contributed by atoms with Gasteiger partial charge in [-0.2, -0.15) is 0 Å². The highest BCUT2D eigenvalue weighted by Gasteiger charge is 2.26. The van der Waals surface area contributed by atoms with Crippen molar-refractivity contribution >= 4 is 17.7 Å². The van der Waals surface area contributed by atoms with Crippen molar-refractivity contribution in [3.05, 3.63) is 60.2 Å². The number of likely N-dealkylation sites (tertiary alicyclic amines) is 1. The van der Waals surface area contributed by atoms with Crippen LogP contribution >= 0.6 is 11.8 Å². The number of aryl methyl sites for hydroxylation is 1. The first-order valence-electron chi connectivity index (χ1n) is 8.45. The van der Waals surface area contributed by atoms with Gasteiger partial charge in [0.15, 0.2) is 0 Å². The number of thioether (sulfide) groups is 1. The minimum absolute atomic E-state index is 0.200. The standard InChI is InChI=1S/C20H23NO2S/c22-19-9-5-4-6-17(19)10-11-20(23)21-13-12-16(14-21)15-24-18-7-2-1-3-8-18/h1-9,16,22H,10-15H2/t16-/m1/s1. The van der Waals surface area contributed by atoms with E-state index >= 15 is 0 Å². The maximum atomic E-state index is 12.4. The van der Waals surface area contributed by atoms with Crippen molar-refractivity contribution in [2.24, 2.45) is 5.92 Å². The summed E-state index contributed by atoms with van der Waals surface area (Å²) < 4.78 is 0. The fraction of sp³-hybridized carbons (Fsp3) is 0.350. The zero-order valence-corrected chi connectivity index (χ0v) is 14.5. The maximum absolute atomic E-state index is 12.4. The molecule has 24 heavy (non-hydrogen) atoms. The van der Waals surface area contributed by atoms with Gasteiger partial charge in [-0.15, -0.1) is 11.8 Å². The zero-order chi connectivity index (χ0) is 16.8. The first kappa shape index (κ1) is 16.9. The fourth-order valence-electron chi connectivity index (χ4n) is 3.05. The van der Waals surface area contributed by atoms with Crippen molar-refractivity contribution in [3.8, 4) is 5.75 Å². The largest absolute Gasteiger partial charge is 0.508 e. The van der Waals surface area contributed by atoms with Crippen LogP contribution in [0.3, 0.4) is 0 Å². The van der Waals surface area contributed by atoms with Crippen molar-refractivity contribution in [1.29, 1.82) is 0 Å². The van der Waals surface area contributed by atoms with Crippen LogP contribution in [0.2, 0.25) is 0 Å². The number of phenols is 1. The van der Waals surface area contributed by atoms with Crippen molar-refractivity contribution in [2.45, 2.75) is 24.2 Å². The predicted molar refractivity (Wildman–Crippen MR) is 98.3 cm³/mol. The lowest BCUT2D eigenvalue weighted by molar-refractivity contribution is -0.130. The minimum Gasteiger partial charge on any atom is -0.508 e. The number of hydrogen-bond donors (Lipinski definition) is 1. The van der Waals surface area contributed by atoms with E-state index in [2.05, 4.69) is 24.3 Å². The lowest BCUT2D eigenvalue weighted by Gasteiger charge is -2.16. The molecule has 1 amide bonds. The molecule has 126 valence electrons. The Morgan fingerprint density at radius 3 is 2.67 bits per heavy atom. The van der Waals surface area contributed by atoms with Crippen LogP contribution in [0.1, 0.15) is 18.4 Å². The second kappa shape index (κ2) is 8.25. The number of carbonyl (C=O) groups is 1. The third kappa shape index (κ3) is 4.54. The summed E-state index contributed by atoms with van der Waals surface area (Å²) in [6, 6.07) is 17.7. The number of hydrogen-bond acceptors (Lipinski definition) is 3. The van der Waals surface area contributed by atoms with E-state index in [-0.39, 0.29) is 11.7 Å². The summed E-state index contributed by atoms with van der Waals surface area (Å²) in [5, 5.41) is 9.78. The molecule has 1 N–H and O–H groups in total. The first-order chi connectivity index (χ1) is 11.7. The van der Waals surface area contributed by atoms with Crippen molar-refractivity contribution in [3.63, 3.8) is 0 Å². The molecule has 0 unspecified atom stereocenters. The van der Waals surface area contributed by atoms with E-state index in [1.165, 1.54) is 4.90 Å². The monoisotopic (exact) mass is 341 g/mol. The molecular weight excluding hydrogens is 318 g/mol. The molecule has 0 radical (unpaired) electrons. The van der Waals surface area contributed by atoms with Crippen LogP contribution in [-0.4, -0.2) is 34.8 Å². The minimum atomic E-state index is 0.200. The Hall–Kier alpha value is -1.94. The van der Waals surface area contributed by atoms with Crippen molar-refractivity contribution in [2.75, 3.05) is 18.8 Å². The Bertz CT molecular complexity index is 674. The average molecular weight is 341 g/mol. The Kier molecular flexibility index (Phi) is 5.81. The van der Waals surface area contributed by atoms with Crippen molar-refractivity contribution < 1.29 is 9.90 Å². The van der Waals surface area contributed by atoms with Crippen LogP contribution in [0.15, 0.2) is 59.5 Å². The third-order valence-electron chi connectivity index (χ3n) is 4.47. The highest BCUT2D eigenvalue weighted by atomic mass is 32.2. The summed E-state index contributed by atoms with van der Waals surface area (Å²) in [6.45, 7) is 1.72. The molecule has 0 bridgehead atoms. The van der Waals surface area contributed by atoms with E-state index in [4.69, 9.17) is 0 Å². The van der Waals surface area contributed by atoms with Crippen LogP contribution in [0.5, 0.6) is 5.75 Å². The lowest BCUT2D eigenvalue weighted by atomic mass is 10.1. The van der Waals surface area contributed by atoms with Gasteiger partial charge in [-0.05, 0) is 42.5 Å². The molecule has 1 aliphatic rings. The van der Waals surface area contributed by atoms with Gasteiger partial charge in [0.1, 0.15) is 5.75 Å². The molecule has 1 saturated heterocycles. The molecule has 1 atom stereocenters. The van der Waals surface area contributed by atoms with Crippen LogP contribution in [-0.2, 0) is 11.2 Å². The zero-order valence-electron chi connectivity index (χ0n) is 13.7. The smallest absolute Gasteiger partial charge is 0.222 e. The average Bonchev–Trinajstić information content (AvgIpc) is 3.09. The molecule has 3 nitrogen and oxygen atoms in total. The lowest BCUT2D eigenvalue weighted by Crippen LogP contribution is -2.29. The number of para-hydroxylation sites is 1. The predicted octanol–water partition coefficient (Wildman–Crippen LogP) is 3.97. The van der Waals surface area contributed by atoms with Gasteiger partial charge in [-0.1, -0.05) is 36.4 Å². The number of amides is 1. The summed E-state index contributed by atoms with van der Waals surface area (Å²) in [6.07, 6.45) is 2.16. The number of aromatic hydroxyl groups is 1. The molecule has 2 aromatic carbocycles. The summed E-state index contributed by atoms with van der Waals surface area (Å²) in [5.41, 5.74) is 0.848. The van der Waals surface area contributed by atoms with E-state index in [0.717, 1.165) is 30.8 Å². The first-order valence-corrected chi connectivity index (χ1v) is 9.43. The van der Waals surface area contributed by atoms with Gasteiger partial charge < -0.3 is 10.0 Å². The number of benzene rings is 2. The van der Waals surface area contributed by atoms with Gasteiger partial charge >= 0.3 is 0 Å². The van der Waals surface area contributed by atoms with Crippen LogP contribution in [0.4, 0.5) is 0 Å². The van der Waals surface area contributed by atoms with Crippen LogP contribution in [0.25, 0.3) is 0 Å². The topological polar surface area (TPSA) is 40.5 Å². The number of rotatable bonds is 6. The normalized spacial score (nSPS) is 17.2. The summed E-state index contributed by atoms with van der Waals surface area (Å²) in [4.78, 5) is 15.7. The molecule has 0 spiro atoms. The number of phenolic OH excluding ortho intramolecular Hbond substituents is 1. The van der Waals surface area contributed by atoms with Gasteiger partial charge in [0.2, 0.25) is 5.91 Å². The molecule has 1 fully saturated rings. The Morgan fingerprint density at radius 1 is 1.12 bits per heavy atom. The van der Waals surface area contributed by atoms with Crippen LogP contribution < -0.4 is 0 Å². The van der Waals surface area contributed by atoms with Gasteiger partial charge in [0.05, 0.1) is 0 Å². The highest BCUT2D eigenvalue weighted by molar-refractivity contribution is 7.99. The Morgan fingerprint density at radius 2 is 1.88 bits per heavy atom.